The number of rotatable bonds is 3. The topological polar surface area (TPSA) is 103 Å². The molecule has 2 amide bonds. The van der Waals surface area contributed by atoms with Crippen LogP contribution >= 0.6 is 0 Å². The third-order valence-electron chi connectivity index (χ3n) is 4.38. The number of nitro groups is 1. The summed E-state index contributed by atoms with van der Waals surface area (Å²) in [7, 11) is 0. The average molecular weight is 321 g/mol. The number of benzene rings is 1. The fourth-order valence-electron chi connectivity index (χ4n) is 3.22. The number of ether oxygens (including phenoxy) is 2. The summed E-state index contributed by atoms with van der Waals surface area (Å²) in [6.45, 7) is 2.67. The van der Waals surface area contributed by atoms with E-state index in [1.165, 1.54) is 6.07 Å². The van der Waals surface area contributed by atoms with Gasteiger partial charge in [0.25, 0.3) is 5.69 Å². The molecule has 23 heavy (non-hydrogen) atoms. The van der Waals surface area contributed by atoms with Crippen molar-refractivity contribution >= 4 is 17.4 Å². The summed E-state index contributed by atoms with van der Waals surface area (Å²) in [5, 5.41) is 16.5. The van der Waals surface area contributed by atoms with Crippen molar-refractivity contribution in [2.75, 3.05) is 18.5 Å². The molecule has 2 aliphatic rings. The number of nitrogens with zero attached hydrogens (tertiary/aromatic N) is 1. The largest absolute Gasteiger partial charge is 0.346 e. The van der Waals surface area contributed by atoms with E-state index in [0.717, 1.165) is 19.3 Å². The molecule has 1 aliphatic heterocycles. The van der Waals surface area contributed by atoms with Gasteiger partial charge in [-0.25, -0.2) is 4.79 Å². The van der Waals surface area contributed by atoms with Crippen molar-refractivity contribution in [2.45, 2.75) is 38.0 Å². The molecule has 2 N–H and O–H groups in total. The molecule has 1 aliphatic carbocycles. The maximum absolute atomic E-state index is 12.2. The van der Waals surface area contributed by atoms with Crippen LogP contribution in [0.25, 0.3) is 0 Å². The van der Waals surface area contributed by atoms with Gasteiger partial charge in [-0.05, 0) is 25.8 Å². The van der Waals surface area contributed by atoms with Gasteiger partial charge in [-0.2, -0.15) is 0 Å². The van der Waals surface area contributed by atoms with Crippen molar-refractivity contribution in [2.24, 2.45) is 0 Å². The van der Waals surface area contributed by atoms with Crippen LogP contribution in [-0.2, 0) is 9.47 Å². The van der Waals surface area contributed by atoms with E-state index in [0.29, 0.717) is 24.5 Å². The molecule has 1 spiro atoms. The third kappa shape index (κ3) is 2.99. The van der Waals surface area contributed by atoms with Crippen molar-refractivity contribution in [3.63, 3.8) is 0 Å². The third-order valence-corrected chi connectivity index (χ3v) is 4.38. The van der Waals surface area contributed by atoms with Gasteiger partial charge in [0.15, 0.2) is 5.79 Å². The minimum atomic E-state index is -0.713. The van der Waals surface area contributed by atoms with Gasteiger partial charge in [-0.3, -0.25) is 10.1 Å². The number of carbonyl (C=O) groups excluding carboxylic acids is 1. The Labute approximate surface area is 133 Å². The normalized spacial score (nSPS) is 22.2. The minimum absolute atomic E-state index is 0.0254. The van der Waals surface area contributed by atoms with Crippen LogP contribution in [0.15, 0.2) is 18.2 Å². The molecule has 0 bridgehead atoms. The molecular formula is C15H19N3O5. The zero-order chi connectivity index (χ0) is 16.4. The number of amides is 2. The van der Waals surface area contributed by atoms with Gasteiger partial charge < -0.3 is 20.1 Å². The predicted molar refractivity (Wildman–Crippen MR) is 82.3 cm³/mol. The first-order chi connectivity index (χ1) is 11.0. The van der Waals surface area contributed by atoms with Crippen molar-refractivity contribution in [3.05, 3.63) is 33.9 Å². The van der Waals surface area contributed by atoms with E-state index in [2.05, 4.69) is 10.6 Å². The van der Waals surface area contributed by atoms with Gasteiger partial charge in [-0.1, -0.05) is 6.07 Å². The highest BCUT2D eigenvalue weighted by Crippen LogP contribution is 2.37. The fourth-order valence-corrected chi connectivity index (χ4v) is 3.22. The van der Waals surface area contributed by atoms with Gasteiger partial charge in [0.1, 0.15) is 0 Å². The summed E-state index contributed by atoms with van der Waals surface area (Å²) in [4.78, 5) is 22.7. The Morgan fingerprint density at radius 3 is 2.83 bits per heavy atom. The maximum atomic E-state index is 12.2. The fraction of sp³-hybridized carbons (Fsp3) is 0.533. The highest BCUT2D eigenvalue weighted by molar-refractivity contribution is 5.91. The Bertz CT molecular complexity index is 622. The van der Waals surface area contributed by atoms with E-state index >= 15 is 0 Å². The summed E-state index contributed by atoms with van der Waals surface area (Å²) in [6, 6.07) is 3.95. The van der Waals surface area contributed by atoms with E-state index < -0.39 is 16.7 Å². The van der Waals surface area contributed by atoms with Crippen molar-refractivity contribution in [3.8, 4) is 0 Å². The quantitative estimate of drug-likeness (QED) is 0.657. The lowest BCUT2D eigenvalue weighted by molar-refractivity contribution is -0.385. The van der Waals surface area contributed by atoms with Gasteiger partial charge in [0.2, 0.25) is 0 Å². The average Bonchev–Trinajstić information content (AvgIpc) is 3.12. The van der Waals surface area contributed by atoms with Crippen molar-refractivity contribution in [1.29, 1.82) is 0 Å². The van der Waals surface area contributed by atoms with E-state index in [-0.39, 0.29) is 11.7 Å². The maximum Gasteiger partial charge on any atom is 0.319 e. The Kier molecular flexibility index (Phi) is 4.18. The lowest BCUT2D eigenvalue weighted by Crippen LogP contribution is -2.51. The molecule has 124 valence electrons. The molecule has 1 unspecified atom stereocenters. The van der Waals surface area contributed by atoms with E-state index in [4.69, 9.17) is 9.47 Å². The van der Waals surface area contributed by atoms with Gasteiger partial charge in [-0.15, -0.1) is 0 Å². The second-order valence-corrected chi connectivity index (χ2v) is 5.76. The second-order valence-electron chi connectivity index (χ2n) is 5.76. The summed E-state index contributed by atoms with van der Waals surface area (Å²) in [5.41, 5.74) is 0.807. The van der Waals surface area contributed by atoms with Crippen LogP contribution in [0.4, 0.5) is 16.2 Å². The van der Waals surface area contributed by atoms with Gasteiger partial charge in [0.05, 0.1) is 35.4 Å². The number of nitro benzene ring substituents is 1. The van der Waals surface area contributed by atoms with Gasteiger partial charge in [0, 0.05) is 12.5 Å². The number of anilines is 1. The lowest BCUT2D eigenvalue weighted by atomic mass is 10.1. The monoisotopic (exact) mass is 321 g/mol. The Morgan fingerprint density at radius 1 is 1.39 bits per heavy atom. The summed E-state index contributed by atoms with van der Waals surface area (Å²) in [5.74, 6) is -0.713. The zero-order valence-corrected chi connectivity index (χ0v) is 12.8. The molecule has 8 heteroatoms. The molecule has 8 nitrogen and oxygen atoms in total. The standard InChI is InChI=1S/C15H19N3O5/c1-10-11(4-2-5-12(10)18(20)21)16-14(19)17-13-6-3-7-15(13)22-8-9-23-15/h2,4-5,13H,3,6-9H2,1H3,(H2,16,17,19). The molecule has 1 aromatic carbocycles. The van der Waals surface area contributed by atoms with Crippen LogP contribution < -0.4 is 10.6 Å². The van der Waals surface area contributed by atoms with E-state index in [9.17, 15) is 14.9 Å². The molecule has 1 aromatic rings. The molecule has 1 atom stereocenters. The van der Waals surface area contributed by atoms with Crippen LogP contribution in [0.2, 0.25) is 0 Å². The van der Waals surface area contributed by atoms with E-state index in [1.54, 1.807) is 19.1 Å². The molecule has 0 radical (unpaired) electrons. The molecule has 2 fully saturated rings. The lowest BCUT2D eigenvalue weighted by Gasteiger charge is -2.29. The van der Waals surface area contributed by atoms with Crippen LogP contribution in [0, 0.1) is 17.0 Å². The molecule has 3 rings (SSSR count). The predicted octanol–water partition coefficient (Wildman–Crippen LogP) is 2.32. The SMILES string of the molecule is Cc1c(NC(=O)NC2CCCC23OCCO3)cccc1[N+](=O)[O-]. The first kappa shape index (κ1) is 15.7. The summed E-state index contributed by atoms with van der Waals surface area (Å²) < 4.78 is 11.4. The molecule has 1 saturated heterocycles. The van der Waals surface area contributed by atoms with Gasteiger partial charge >= 0.3 is 6.03 Å². The number of urea groups is 1. The summed E-state index contributed by atoms with van der Waals surface area (Å²) >= 11 is 0. The highest BCUT2D eigenvalue weighted by Gasteiger charge is 2.48. The number of nitrogens with one attached hydrogen (secondary N) is 2. The zero-order valence-electron chi connectivity index (χ0n) is 12.8. The number of hydrogen-bond acceptors (Lipinski definition) is 5. The Hall–Kier alpha value is -2.19. The Balaban J connectivity index is 1.68. The minimum Gasteiger partial charge on any atom is -0.346 e. The van der Waals surface area contributed by atoms with Crippen LogP contribution in [0.3, 0.4) is 0 Å². The van der Waals surface area contributed by atoms with Crippen LogP contribution in [0.5, 0.6) is 0 Å². The number of hydrogen-bond donors (Lipinski definition) is 2. The smallest absolute Gasteiger partial charge is 0.319 e. The molecular weight excluding hydrogens is 302 g/mol. The first-order valence-corrected chi connectivity index (χ1v) is 7.61. The van der Waals surface area contributed by atoms with Crippen LogP contribution in [0.1, 0.15) is 24.8 Å². The van der Waals surface area contributed by atoms with Crippen molar-refractivity contribution in [1.82, 2.24) is 5.32 Å². The molecule has 0 aromatic heterocycles. The number of carbonyl (C=O) groups is 1. The Morgan fingerprint density at radius 2 is 2.13 bits per heavy atom. The molecule has 1 heterocycles. The summed E-state index contributed by atoms with van der Waals surface area (Å²) in [6.07, 6.45) is 2.45. The second kappa shape index (κ2) is 6.13. The molecule has 1 saturated carbocycles. The van der Waals surface area contributed by atoms with Crippen LogP contribution in [-0.4, -0.2) is 36.0 Å². The van der Waals surface area contributed by atoms with Crippen molar-refractivity contribution < 1.29 is 19.2 Å². The first-order valence-electron chi connectivity index (χ1n) is 7.61. The van der Waals surface area contributed by atoms with E-state index in [1.807, 2.05) is 0 Å². The highest BCUT2D eigenvalue weighted by atomic mass is 16.7.